The van der Waals surface area contributed by atoms with E-state index in [2.05, 4.69) is 31.8 Å². The Morgan fingerprint density at radius 3 is 2.75 bits per heavy atom. The summed E-state index contributed by atoms with van der Waals surface area (Å²) < 4.78 is 22.5. The molecule has 0 saturated heterocycles. The molecule has 186 valence electrons. The zero-order chi connectivity index (χ0) is 25.5. The predicted octanol–water partition coefficient (Wildman–Crippen LogP) is 4.30. The fourth-order valence-electron chi connectivity index (χ4n) is 3.24. The van der Waals surface area contributed by atoms with Crippen LogP contribution in [0.5, 0.6) is 23.0 Å². The molecule has 1 aliphatic rings. The van der Waals surface area contributed by atoms with Gasteiger partial charge in [-0.25, -0.2) is 5.43 Å². The topological polar surface area (TPSA) is 107 Å². The standard InChI is InChI=1S/C25H21BrClN3O6/c1-33-22-9-15(8-18(26)24(22)34-13-17-4-2-3-5-19(17)27)11-29-30-23(31)12-28-25(32)16-6-7-20-21(10-16)36-14-35-20/h2-11H,12-14H2,1H3,(H,28,32)(H,30,31). The second-order valence-corrected chi connectivity index (χ2v) is 8.72. The Morgan fingerprint density at radius 2 is 1.94 bits per heavy atom. The van der Waals surface area contributed by atoms with E-state index in [4.69, 9.17) is 30.5 Å². The Bertz CT molecular complexity index is 1320. The summed E-state index contributed by atoms with van der Waals surface area (Å²) in [7, 11) is 1.52. The van der Waals surface area contributed by atoms with Gasteiger partial charge in [0.2, 0.25) is 6.79 Å². The molecule has 0 radical (unpaired) electrons. The van der Waals surface area contributed by atoms with Gasteiger partial charge in [0, 0.05) is 16.1 Å². The van der Waals surface area contributed by atoms with Gasteiger partial charge in [-0.1, -0.05) is 29.8 Å². The van der Waals surface area contributed by atoms with Crippen LogP contribution >= 0.6 is 27.5 Å². The van der Waals surface area contributed by atoms with Crippen molar-refractivity contribution in [3.63, 3.8) is 0 Å². The lowest BCUT2D eigenvalue weighted by Gasteiger charge is -2.14. The fourth-order valence-corrected chi connectivity index (χ4v) is 4.00. The minimum absolute atomic E-state index is 0.113. The summed E-state index contributed by atoms with van der Waals surface area (Å²) in [6.07, 6.45) is 1.45. The number of hydrogen-bond acceptors (Lipinski definition) is 7. The number of hydrogen-bond donors (Lipinski definition) is 2. The molecule has 3 aromatic rings. The van der Waals surface area contributed by atoms with Crippen molar-refractivity contribution in [1.29, 1.82) is 0 Å². The highest BCUT2D eigenvalue weighted by molar-refractivity contribution is 9.10. The molecule has 9 nitrogen and oxygen atoms in total. The highest BCUT2D eigenvalue weighted by Crippen LogP contribution is 2.37. The molecule has 1 heterocycles. The first-order valence-electron chi connectivity index (χ1n) is 10.7. The molecule has 3 aromatic carbocycles. The first-order chi connectivity index (χ1) is 17.4. The zero-order valence-electron chi connectivity index (χ0n) is 19.0. The number of nitrogens with one attached hydrogen (secondary N) is 2. The minimum Gasteiger partial charge on any atom is -0.493 e. The van der Waals surface area contributed by atoms with E-state index in [0.29, 0.717) is 43.6 Å². The molecule has 0 fully saturated rings. The highest BCUT2D eigenvalue weighted by atomic mass is 79.9. The lowest BCUT2D eigenvalue weighted by molar-refractivity contribution is -0.120. The van der Waals surface area contributed by atoms with Crippen LogP contribution in [-0.4, -0.2) is 38.5 Å². The van der Waals surface area contributed by atoms with E-state index in [0.717, 1.165) is 5.56 Å². The molecular weight excluding hydrogens is 554 g/mol. The summed E-state index contributed by atoms with van der Waals surface area (Å²) in [6, 6.07) is 15.7. The number of benzene rings is 3. The summed E-state index contributed by atoms with van der Waals surface area (Å²) in [6.45, 7) is 0.115. The van der Waals surface area contributed by atoms with Crippen molar-refractivity contribution in [2.75, 3.05) is 20.4 Å². The predicted molar refractivity (Wildman–Crippen MR) is 137 cm³/mol. The van der Waals surface area contributed by atoms with Crippen molar-refractivity contribution in [3.05, 3.63) is 80.8 Å². The third-order valence-electron chi connectivity index (χ3n) is 5.03. The second-order valence-electron chi connectivity index (χ2n) is 7.46. The summed E-state index contributed by atoms with van der Waals surface area (Å²) in [5.41, 5.74) is 4.21. The summed E-state index contributed by atoms with van der Waals surface area (Å²) in [4.78, 5) is 24.4. The van der Waals surface area contributed by atoms with E-state index >= 15 is 0 Å². The molecule has 0 spiro atoms. The molecule has 0 saturated carbocycles. The smallest absolute Gasteiger partial charge is 0.259 e. The van der Waals surface area contributed by atoms with Gasteiger partial charge in [0.15, 0.2) is 23.0 Å². The van der Waals surface area contributed by atoms with Crippen molar-refractivity contribution in [1.82, 2.24) is 10.7 Å². The number of fused-ring (bicyclic) bond motifs is 1. The third kappa shape index (κ3) is 6.27. The van der Waals surface area contributed by atoms with Crippen molar-refractivity contribution < 1.29 is 28.5 Å². The van der Waals surface area contributed by atoms with Crippen LogP contribution in [0.1, 0.15) is 21.5 Å². The van der Waals surface area contributed by atoms with Gasteiger partial charge >= 0.3 is 0 Å². The number of hydrazone groups is 1. The maximum Gasteiger partial charge on any atom is 0.259 e. The normalized spacial score (nSPS) is 11.9. The highest BCUT2D eigenvalue weighted by Gasteiger charge is 2.17. The van der Waals surface area contributed by atoms with Crippen LogP contribution in [0, 0.1) is 0 Å². The molecule has 2 amide bonds. The SMILES string of the molecule is COc1cc(C=NNC(=O)CNC(=O)c2ccc3c(c2)OCO3)cc(Br)c1OCc1ccccc1Cl. The van der Waals surface area contributed by atoms with Gasteiger partial charge in [-0.3, -0.25) is 9.59 Å². The molecule has 4 rings (SSSR count). The minimum atomic E-state index is -0.494. The van der Waals surface area contributed by atoms with Gasteiger partial charge in [0.05, 0.1) is 24.3 Å². The van der Waals surface area contributed by atoms with Crippen LogP contribution in [0.3, 0.4) is 0 Å². The quantitative estimate of drug-likeness (QED) is 0.292. The zero-order valence-corrected chi connectivity index (χ0v) is 21.4. The van der Waals surface area contributed by atoms with Crippen molar-refractivity contribution in [3.8, 4) is 23.0 Å². The van der Waals surface area contributed by atoms with Gasteiger partial charge in [-0.15, -0.1) is 0 Å². The number of amides is 2. The average molecular weight is 575 g/mol. The van der Waals surface area contributed by atoms with Gasteiger partial charge in [0.1, 0.15) is 6.61 Å². The number of carbonyl (C=O) groups is 2. The van der Waals surface area contributed by atoms with E-state index in [1.165, 1.54) is 13.3 Å². The Hall–Kier alpha value is -3.76. The molecule has 2 N–H and O–H groups in total. The number of halogens is 2. The second kappa shape index (κ2) is 11.8. The number of rotatable bonds is 9. The molecule has 0 bridgehead atoms. The molecular formula is C25H21BrClN3O6. The van der Waals surface area contributed by atoms with E-state index in [-0.39, 0.29) is 19.9 Å². The largest absolute Gasteiger partial charge is 0.493 e. The fraction of sp³-hybridized carbons (Fsp3) is 0.160. The maximum absolute atomic E-state index is 12.3. The van der Waals surface area contributed by atoms with Crippen LogP contribution < -0.4 is 29.7 Å². The molecule has 0 atom stereocenters. The number of nitrogens with zero attached hydrogens (tertiary/aromatic N) is 1. The number of methoxy groups -OCH3 is 1. The molecule has 0 aromatic heterocycles. The van der Waals surface area contributed by atoms with E-state index in [9.17, 15) is 9.59 Å². The van der Waals surface area contributed by atoms with Gasteiger partial charge in [-0.2, -0.15) is 5.10 Å². The van der Waals surface area contributed by atoms with Gasteiger partial charge in [-0.05, 0) is 57.9 Å². The molecule has 0 unspecified atom stereocenters. The first-order valence-corrected chi connectivity index (χ1v) is 11.8. The van der Waals surface area contributed by atoms with Crippen molar-refractivity contribution >= 4 is 45.6 Å². The monoisotopic (exact) mass is 573 g/mol. The third-order valence-corrected chi connectivity index (χ3v) is 5.99. The van der Waals surface area contributed by atoms with Crippen LogP contribution in [0.25, 0.3) is 0 Å². The molecule has 11 heteroatoms. The maximum atomic E-state index is 12.3. The molecule has 36 heavy (non-hydrogen) atoms. The molecule has 1 aliphatic heterocycles. The summed E-state index contributed by atoms with van der Waals surface area (Å²) in [5.74, 6) is 1.12. The number of carbonyl (C=O) groups excluding carboxylic acids is 2. The lowest BCUT2D eigenvalue weighted by atomic mass is 10.2. The van der Waals surface area contributed by atoms with E-state index in [1.54, 1.807) is 36.4 Å². The van der Waals surface area contributed by atoms with E-state index < -0.39 is 11.8 Å². The van der Waals surface area contributed by atoms with Crippen molar-refractivity contribution in [2.24, 2.45) is 5.10 Å². The Morgan fingerprint density at radius 1 is 1.14 bits per heavy atom. The van der Waals surface area contributed by atoms with Crippen LogP contribution in [0.15, 0.2) is 64.2 Å². The average Bonchev–Trinajstić information content (AvgIpc) is 3.35. The van der Waals surface area contributed by atoms with E-state index in [1.807, 2.05) is 18.2 Å². The van der Waals surface area contributed by atoms with Gasteiger partial charge < -0.3 is 24.3 Å². The first kappa shape index (κ1) is 25.3. The summed E-state index contributed by atoms with van der Waals surface area (Å²) >= 11 is 9.68. The Balaban J connectivity index is 1.31. The van der Waals surface area contributed by atoms with Crippen LogP contribution in [0.4, 0.5) is 0 Å². The van der Waals surface area contributed by atoms with Crippen molar-refractivity contribution in [2.45, 2.75) is 6.61 Å². The lowest BCUT2D eigenvalue weighted by Crippen LogP contribution is -2.34. The van der Waals surface area contributed by atoms with Gasteiger partial charge in [0.25, 0.3) is 11.8 Å². The van der Waals surface area contributed by atoms with Crippen LogP contribution in [0.2, 0.25) is 5.02 Å². The summed E-state index contributed by atoms with van der Waals surface area (Å²) in [5, 5.41) is 7.08. The number of ether oxygens (including phenoxy) is 4. The Kier molecular flexibility index (Phi) is 8.29. The van der Waals surface area contributed by atoms with Crippen LogP contribution in [-0.2, 0) is 11.4 Å². The Labute approximate surface area is 220 Å². The molecule has 0 aliphatic carbocycles.